The van der Waals surface area contributed by atoms with Gasteiger partial charge >= 0.3 is 11.9 Å². The van der Waals surface area contributed by atoms with Crippen molar-refractivity contribution in [2.24, 2.45) is 0 Å². The highest BCUT2D eigenvalue weighted by atomic mass is 32.2. The molecule has 0 fully saturated rings. The predicted octanol–water partition coefficient (Wildman–Crippen LogP) is 4.52. The van der Waals surface area contributed by atoms with Crippen LogP contribution < -0.4 is 4.74 Å². The smallest absolute Gasteiger partial charge is 0.341 e. The second kappa shape index (κ2) is 9.99. The largest absolute Gasteiger partial charge is 0.462 e. The van der Waals surface area contributed by atoms with E-state index < -0.39 is 11.9 Å². The van der Waals surface area contributed by atoms with Gasteiger partial charge in [0.05, 0.1) is 17.6 Å². The van der Waals surface area contributed by atoms with Gasteiger partial charge in [-0.1, -0.05) is 30.9 Å². The van der Waals surface area contributed by atoms with Gasteiger partial charge < -0.3 is 9.47 Å². The number of ether oxygens (including phenoxy) is 2. The highest BCUT2D eigenvalue weighted by Gasteiger charge is 2.22. The van der Waals surface area contributed by atoms with Crippen LogP contribution in [0.15, 0.2) is 54.7 Å². The van der Waals surface area contributed by atoms with E-state index in [1.807, 2.05) is 18.2 Å². The lowest BCUT2D eigenvalue weighted by Gasteiger charge is -2.17. The van der Waals surface area contributed by atoms with Gasteiger partial charge in [-0.05, 0) is 43.7 Å². The molecule has 7 heteroatoms. The van der Waals surface area contributed by atoms with Gasteiger partial charge in [0.15, 0.2) is 0 Å². The predicted molar refractivity (Wildman–Crippen MR) is 110 cm³/mol. The number of pyridine rings is 1. The number of hydrogen-bond acceptors (Lipinski definition) is 7. The maximum atomic E-state index is 12.2. The van der Waals surface area contributed by atoms with E-state index in [1.165, 1.54) is 18.7 Å². The monoisotopic (exact) mass is 401 g/mol. The molecule has 140 valence electrons. The molecule has 1 atom stereocenters. The molecule has 1 aromatic carbocycles. The number of benzene rings is 1. The molecule has 2 aromatic rings. The van der Waals surface area contributed by atoms with Crippen LogP contribution in [0.3, 0.4) is 0 Å². The average Bonchev–Trinajstić information content (AvgIpc) is 2.66. The van der Waals surface area contributed by atoms with Crippen molar-refractivity contribution in [2.45, 2.75) is 19.1 Å². The lowest BCUT2D eigenvalue weighted by Crippen LogP contribution is -2.14. The molecule has 1 aromatic heterocycles. The Morgan fingerprint density at radius 2 is 2.11 bits per heavy atom. The Balaban J connectivity index is 2.50. The lowest BCUT2D eigenvalue weighted by atomic mass is 10.0. The molecule has 0 radical (unpaired) electrons. The van der Waals surface area contributed by atoms with E-state index in [1.54, 1.807) is 36.0 Å². The number of aromatic nitrogens is 1. The van der Waals surface area contributed by atoms with E-state index in [0.29, 0.717) is 0 Å². The number of carbonyl (C=O) groups excluding carboxylic acids is 2. The van der Waals surface area contributed by atoms with Gasteiger partial charge in [-0.25, -0.2) is 9.59 Å². The SMILES string of the molecule is C=C(C)C(=O)Oc1cc(C(SC=S)c2ccccn2)ccc1C(=O)OCC. The van der Waals surface area contributed by atoms with E-state index in [-0.39, 0.29) is 28.7 Å². The van der Waals surface area contributed by atoms with E-state index in [0.717, 1.165) is 11.3 Å². The first-order valence-corrected chi connectivity index (χ1v) is 9.58. The van der Waals surface area contributed by atoms with Crippen molar-refractivity contribution in [3.63, 3.8) is 0 Å². The molecule has 0 aliphatic rings. The topological polar surface area (TPSA) is 65.5 Å². The van der Waals surface area contributed by atoms with Gasteiger partial charge in [0.1, 0.15) is 11.3 Å². The van der Waals surface area contributed by atoms with Crippen molar-refractivity contribution in [1.29, 1.82) is 0 Å². The zero-order valence-electron chi connectivity index (χ0n) is 15.0. The Labute approximate surface area is 167 Å². The first kappa shape index (κ1) is 20.8. The lowest BCUT2D eigenvalue weighted by molar-refractivity contribution is -0.130. The summed E-state index contributed by atoms with van der Waals surface area (Å²) in [5.41, 5.74) is 1.98. The fourth-order valence-electron chi connectivity index (χ4n) is 2.26. The molecule has 1 unspecified atom stereocenters. The Hall–Kier alpha value is -2.51. The van der Waals surface area contributed by atoms with Crippen LogP contribution in [0.4, 0.5) is 0 Å². The third kappa shape index (κ3) is 5.48. The molecule has 0 amide bonds. The number of hydrogen-bond donors (Lipinski definition) is 0. The Morgan fingerprint density at radius 3 is 2.70 bits per heavy atom. The summed E-state index contributed by atoms with van der Waals surface area (Å²) in [5.74, 6) is -1.06. The molecule has 0 bridgehead atoms. The molecule has 2 rings (SSSR count). The van der Waals surface area contributed by atoms with Crippen molar-refractivity contribution in [1.82, 2.24) is 4.98 Å². The summed E-state index contributed by atoms with van der Waals surface area (Å²) in [7, 11) is 0. The molecule has 0 saturated carbocycles. The Bertz CT molecular complexity index is 852. The Kier molecular flexibility index (Phi) is 7.69. The minimum absolute atomic E-state index is 0.116. The standard InChI is InChI=1S/C20H19NO4S2/c1-4-24-20(23)15-9-8-14(11-17(15)25-19(22)13(2)3)18(27-12-26)16-7-5-6-10-21-16/h5-12,18H,2,4H2,1,3H3. The van der Waals surface area contributed by atoms with E-state index in [2.05, 4.69) is 11.6 Å². The number of nitrogens with zero attached hydrogens (tertiary/aromatic N) is 1. The highest BCUT2D eigenvalue weighted by molar-refractivity contribution is 8.21. The normalized spacial score (nSPS) is 11.3. The van der Waals surface area contributed by atoms with Crippen LogP contribution in [0, 0.1) is 0 Å². The number of thiocarbonyl (C=S) groups is 1. The van der Waals surface area contributed by atoms with Crippen molar-refractivity contribution in [3.8, 4) is 5.75 Å². The molecule has 1 heterocycles. The van der Waals surface area contributed by atoms with Crippen molar-refractivity contribution >= 4 is 40.6 Å². The second-order valence-corrected chi connectivity index (χ2v) is 7.03. The number of carbonyl (C=O) groups is 2. The van der Waals surface area contributed by atoms with Crippen LogP contribution in [0.5, 0.6) is 5.75 Å². The van der Waals surface area contributed by atoms with Crippen LogP contribution in [-0.4, -0.2) is 28.2 Å². The number of esters is 2. The van der Waals surface area contributed by atoms with Gasteiger partial charge in [-0.2, -0.15) is 0 Å². The van der Waals surface area contributed by atoms with Gasteiger partial charge in [0, 0.05) is 16.5 Å². The number of thioether (sulfide) groups is 1. The van der Waals surface area contributed by atoms with Gasteiger partial charge in [-0.15, -0.1) is 11.8 Å². The highest BCUT2D eigenvalue weighted by Crippen LogP contribution is 2.36. The average molecular weight is 402 g/mol. The minimum atomic E-state index is -0.616. The fraction of sp³-hybridized carbons (Fsp3) is 0.200. The van der Waals surface area contributed by atoms with E-state index in [9.17, 15) is 9.59 Å². The van der Waals surface area contributed by atoms with Crippen LogP contribution in [0.1, 0.15) is 40.7 Å². The van der Waals surface area contributed by atoms with Gasteiger partial charge in [-0.3, -0.25) is 4.98 Å². The fourth-order valence-corrected chi connectivity index (χ4v) is 3.28. The summed E-state index contributed by atoms with van der Waals surface area (Å²) in [4.78, 5) is 28.6. The zero-order chi connectivity index (χ0) is 19.8. The first-order chi connectivity index (χ1) is 13.0. The van der Waals surface area contributed by atoms with Gasteiger partial charge in [0.25, 0.3) is 0 Å². The Morgan fingerprint density at radius 1 is 1.33 bits per heavy atom. The van der Waals surface area contributed by atoms with Crippen LogP contribution >= 0.6 is 24.0 Å². The summed E-state index contributed by atoms with van der Waals surface area (Å²) >= 11 is 6.40. The molecule has 5 nitrogen and oxygen atoms in total. The zero-order valence-corrected chi connectivity index (χ0v) is 16.6. The van der Waals surface area contributed by atoms with Crippen LogP contribution in [0.25, 0.3) is 0 Å². The van der Waals surface area contributed by atoms with Crippen molar-refractivity contribution in [3.05, 3.63) is 71.6 Å². The van der Waals surface area contributed by atoms with Crippen LogP contribution in [0.2, 0.25) is 0 Å². The third-order valence-corrected chi connectivity index (χ3v) is 4.73. The van der Waals surface area contributed by atoms with E-state index >= 15 is 0 Å². The maximum Gasteiger partial charge on any atom is 0.341 e. The van der Waals surface area contributed by atoms with Crippen molar-refractivity contribution in [2.75, 3.05) is 6.61 Å². The summed E-state index contributed by atoms with van der Waals surface area (Å²) in [6, 6.07) is 10.6. The molecular formula is C20H19NO4S2. The van der Waals surface area contributed by atoms with Crippen LogP contribution in [-0.2, 0) is 9.53 Å². The quantitative estimate of drug-likeness (QED) is 0.279. The summed E-state index contributed by atoms with van der Waals surface area (Å²) in [5, 5.41) is -0.206. The molecule has 0 saturated heterocycles. The number of rotatable bonds is 8. The maximum absolute atomic E-state index is 12.2. The molecule has 27 heavy (non-hydrogen) atoms. The molecule has 0 aliphatic heterocycles. The molecular weight excluding hydrogens is 382 g/mol. The summed E-state index contributed by atoms with van der Waals surface area (Å²) in [6.07, 6.45) is 1.70. The third-order valence-electron chi connectivity index (χ3n) is 3.50. The molecule has 0 N–H and O–H groups in total. The van der Waals surface area contributed by atoms with Crippen molar-refractivity contribution < 1.29 is 19.1 Å². The second-order valence-electron chi connectivity index (χ2n) is 5.51. The molecule has 0 aliphatic carbocycles. The summed E-state index contributed by atoms with van der Waals surface area (Å²) < 4.78 is 12.0. The van der Waals surface area contributed by atoms with E-state index in [4.69, 9.17) is 21.7 Å². The molecule has 0 spiro atoms. The first-order valence-electron chi connectivity index (χ1n) is 8.16. The van der Waals surface area contributed by atoms with Gasteiger partial charge in [0.2, 0.25) is 0 Å². The minimum Gasteiger partial charge on any atom is -0.462 e. The summed E-state index contributed by atoms with van der Waals surface area (Å²) in [6.45, 7) is 7.03.